The molecule has 0 radical (unpaired) electrons. The lowest BCUT2D eigenvalue weighted by molar-refractivity contribution is -0.108. The molecule has 1 atom stereocenters. The predicted molar refractivity (Wildman–Crippen MR) is 75.8 cm³/mol. The van der Waals surface area contributed by atoms with Gasteiger partial charge in [-0.25, -0.2) is 0 Å². The van der Waals surface area contributed by atoms with E-state index >= 15 is 0 Å². The van der Waals surface area contributed by atoms with Gasteiger partial charge in [0.1, 0.15) is 12.0 Å². The van der Waals surface area contributed by atoms with Crippen LogP contribution in [0.15, 0.2) is 12.1 Å². The number of halogens is 1. The summed E-state index contributed by atoms with van der Waals surface area (Å²) in [6, 6.07) is 4.04. The second kappa shape index (κ2) is 5.75. The van der Waals surface area contributed by atoms with Crippen molar-refractivity contribution >= 4 is 17.9 Å². The maximum absolute atomic E-state index is 10.7. The fourth-order valence-corrected chi connectivity index (χ4v) is 2.20. The van der Waals surface area contributed by atoms with Gasteiger partial charge in [-0.3, -0.25) is 0 Å². The molecule has 0 saturated heterocycles. The zero-order valence-corrected chi connectivity index (χ0v) is 12.5. The van der Waals surface area contributed by atoms with Crippen molar-refractivity contribution in [2.24, 2.45) is 0 Å². The van der Waals surface area contributed by atoms with Gasteiger partial charge in [0.25, 0.3) is 0 Å². The number of carbonyl (C=O) groups is 1. The summed E-state index contributed by atoms with van der Waals surface area (Å²) >= 11 is 6.27. The molecule has 0 saturated carbocycles. The van der Waals surface area contributed by atoms with Crippen molar-refractivity contribution in [3.05, 3.63) is 28.3 Å². The van der Waals surface area contributed by atoms with Crippen LogP contribution in [0, 0.1) is 0 Å². The average molecular weight is 269 g/mol. The van der Waals surface area contributed by atoms with Gasteiger partial charge in [-0.15, -0.1) is 0 Å². The fourth-order valence-electron chi connectivity index (χ4n) is 1.90. The minimum atomic E-state index is 0.0194. The summed E-state index contributed by atoms with van der Waals surface area (Å²) in [4.78, 5) is 10.7. The topological polar surface area (TPSA) is 26.3 Å². The molecule has 0 spiro atoms. The summed E-state index contributed by atoms with van der Waals surface area (Å²) in [6.45, 7) is 8.42. The predicted octanol–water partition coefficient (Wildman–Crippen LogP) is 4.34. The van der Waals surface area contributed by atoms with E-state index in [1.54, 1.807) is 7.11 Å². The van der Waals surface area contributed by atoms with Gasteiger partial charge in [0, 0.05) is 6.42 Å². The van der Waals surface area contributed by atoms with Crippen molar-refractivity contribution in [2.75, 3.05) is 7.11 Å². The van der Waals surface area contributed by atoms with E-state index < -0.39 is 0 Å². The molecule has 100 valence electrons. The van der Waals surface area contributed by atoms with Gasteiger partial charge >= 0.3 is 0 Å². The Morgan fingerprint density at radius 2 is 2.00 bits per heavy atom. The van der Waals surface area contributed by atoms with Crippen molar-refractivity contribution in [2.45, 2.75) is 45.4 Å². The summed E-state index contributed by atoms with van der Waals surface area (Å²) in [5, 5.41) is 0.609. The summed E-state index contributed by atoms with van der Waals surface area (Å²) in [7, 11) is 1.61. The van der Waals surface area contributed by atoms with E-state index in [9.17, 15) is 4.79 Å². The monoisotopic (exact) mass is 268 g/mol. The Balaban J connectivity index is 3.36. The van der Waals surface area contributed by atoms with Gasteiger partial charge in [-0.05, 0) is 28.5 Å². The molecule has 0 fully saturated rings. The van der Waals surface area contributed by atoms with Crippen LogP contribution >= 0.6 is 11.6 Å². The molecule has 0 bridgehead atoms. The van der Waals surface area contributed by atoms with Crippen molar-refractivity contribution in [1.29, 1.82) is 0 Å². The van der Waals surface area contributed by atoms with Crippen LogP contribution in [0.5, 0.6) is 5.75 Å². The minimum absolute atomic E-state index is 0.0194. The van der Waals surface area contributed by atoms with Crippen molar-refractivity contribution in [3.8, 4) is 5.75 Å². The minimum Gasteiger partial charge on any atom is -0.495 e. The SMILES string of the molecule is COc1c(Cl)cc(C(C)(C)C)cc1C(C)CC=O. The fraction of sp³-hybridized carbons (Fsp3) is 0.533. The molecule has 0 amide bonds. The van der Waals surface area contributed by atoms with E-state index in [4.69, 9.17) is 16.3 Å². The number of methoxy groups -OCH3 is 1. The highest BCUT2D eigenvalue weighted by atomic mass is 35.5. The van der Waals surface area contributed by atoms with Gasteiger partial charge in [0.05, 0.1) is 12.1 Å². The number of hydrogen-bond acceptors (Lipinski definition) is 2. The normalized spacial score (nSPS) is 13.2. The molecule has 0 N–H and O–H groups in total. The van der Waals surface area contributed by atoms with Crippen LogP contribution in [0.3, 0.4) is 0 Å². The molecule has 0 aliphatic rings. The Morgan fingerprint density at radius 1 is 1.39 bits per heavy atom. The molecule has 1 aromatic carbocycles. The van der Waals surface area contributed by atoms with Crippen LogP contribution < -0.4 is 4.74 Å². The van der Waals surface area contributed by atoms with Gasteiger partial charge in [-0.1, -0.05) is 45.4 Å². The third kappa shape index (κ3) is 3.26. The van der Waals surface area contributed by atoms with Crippen molar-refractivity contribution in [3.63, 3.8) is 0 Å². The maximum Gasteiger partial charge on any atom is 0.140 e. The molecule has 0 heterocycles. The third-order valence-corrected chi connectivity index (χ3v) is 3.40. The Bertz CT molecular complexity index is 433. The van der Waals surface area contributed by atoms with E-state index in [1.807, 2.05) is 13.0 Å². The average Bonchev–Trinajstić information content (AvgIpc) is 2.27. The van der Waals surface area contributed by atoms with Crippen LogP contribution in [-0.4, -0.2) is 13.4 Å². The molecule has 1 aromatic rings. The second-order valence-corrected chi connectivity index (χ2v) is 6.04. The third-order valence-electron chi connectivity index (χ3n) is 3.12. The first-order chi connectivity index (χ1) is 8.31. The van der Waals surface area contributed by atoms with E-state index in [-0.39, 0.29) is 11.3 Å². The number of rotatable bonds is 4. The number of ether oxygens (including phenoxy) is 1. The molecular weight excluding hydrogens is 248 g/mol. The first-order valence-corrected chi connectivity index (χ1v) is 6.50. The highest BCUT2D eigenvalue weighted by Gasteiger charge is 2.21. The standard InChI is InChI=1S/C15H21ClO2/c1-10(6-7-17)12-8-11(15(2,3)4)9-13(16)14(12)18-5/h7-10H,6H2,1-5H3. The van der Waals surface area contributed by atoms with Gasteiger partial charge in [0.2, 0.25) is 0 Å². The molecule has 0 aliphatic heterocycles. The number of benzene rings is 1. The molecule has 18 heavy (non-hydrogen) atoms. The molecular formula is C15H21ClO2. The number of carbonyl (C=O) groups excluding carboxylic acids is 1. The molecule has 2 nitrogen and oxygen atoms in total. The quantitative estimate of drug-likeness (QED) is 0.760. The summed E-state index contributed by atoms with van der Waals surface area (Å²) < 4.78 is 5.36. The van der Waals surface area contributed by atoms with Crippen LogP contribution in [0.2, 0.25) is 5.02 Å². The molecule has 0 aromatic heterocycles. The van der Waals surface area contributed by atoms with E-state index in [0.29, 0.717) is 17.2 Å². The largest absolute Gasteiger partial charge is 0.495 e. The molecule has 1 unspecified atom stereocenters. The van der Waals surface area contributed by atoms with Gasteiger partial charge < -0.3 is 9.53 Å². The molecule has 1 rings (SSSR count). The van der Waals surface area contributed by atoms with E-state index in [2.05, 4.69) is 26.8 Å². The van der Waals surface area contributed by atoms with E-state index in [0.717, 1.165) is 17.4 Å². The highest BCUT2D eigenvalue weighted by Crippen LogP contribution is 2.38. The number of aldehydes is 1. The second-order valence-electron chi connectivity index (χ2n) is 5.63. The summed E-state index contributed by atoms with van der Waals surface area (Å²) in [5.41, 5.74) is 2.18. The Hall–Kier alpha value is -1.02. The van der Waals surface area contributed by atoms with E-state index in [1.165, 1.54) is 0 Å². The first kappa shape index (κ1) is 15.0. The molecule has 3 heteroatoms. The summed E-state index contributed by atoms with van der Waals surface area (Å²) in [6.07, 6.45) is 1.40. The Kier molecular flexibility index (Phi) is 4.80. The zero-order chi connectivity index (χ0) is 13.9. The van der Waals surface area contributed by atoms with Crippen LogP contribution in [0.25, 0.3) is 0 Å². The Morgan fingerprint density at radius 3 is 2.44 bits per heavy atom. The lowest BCUT2D eigenvalue weighted by Crippen LogP contribution is -2.12. The Labute approximate surface area is 114 Å². The lowest BCUT2D eigenvalue weighted by atomic mass is 9.84. The van der Waals surface area contributed by atoms with Crippen molar-refractivity contribution < 1.29 is 9.53 Å². The van der Waals surface area contributed by atoms with Gasteiger partial charge in [-0.2, -0.15) is 0 Å². The van der Waals surface area contributed by atoms with Crippen LogP contribution in [-0.2, 0) is 10.2 Å². The summed E-state index contributed by atoms with van der Waals surface area (Å²) in [5.74, 6) is 0.788. The smallest absolute Gasteiger partial charge is 0.140 e. The molecule has 0 aliphatic carbocycles. The van der Waals surface area contributed by atoms with Crippen LogP contribution in [0.4, 0.5) is 0 Å². The number of hydrogen-bond donors (Lipinski definition) is 0. The van der Waals surface area contributed by atoms with Crippen LogP contribution in [0.1, 0.15) is 51.2 Å². The lowest BCUT2D eigenvalue weighted by Gasteiger charge is -2.23. The maximum atomic E-state index is 10.7. The van der Waals surface area contributed by atoms with Crippen molar-refractivity contribution in [1.82, 2.24) is 0 Å². The highest BCUT2D eigenvalue weighted by molar-refractivity contribution is 6.32. The zero-order valence-electron chi connectivity index (χ0n) is 11.7. The first-order valence-electron chi connectivity index (χ1n) is 6.12. The van der Waals surface area contributed by atoms with Gasteiger partial charge in [0.15, 0.2) is 0 Å².